The van der Waals surface area contributed by atoms with Gasteiger partial charge in [0.2, 0.25) is 0 Å². The van der Waals surface area contributed by atoms with Gasteiger partial charge >= 0.3 is 0 Å². The summed E-state index contributed by atoms with van der Waals surface area (Å²) in [7, 11) is -6.26. The highest BCUT2D eigenvalue weighted by atomic mass is 32.2. The first-order valence-electron chi connectivity index (χ1n) is 3.06. The molecular formula is C4H12O6S2. The van der Waals surface area contributed by atoms with E-state index < -0.39 is 21.1 Å². The lowest BCUT2D eigenvalue weighted by Crippen LogP contribution is -1.97. The summed E-state index contributed by atoms with van der Waals surface area (Å²) in [5, 5.41) is 0. The summed E-state index contributed by atoms with van der Waals surface area (Å²) in [5.41, 5.74) is 0. The molecule has 12 heavy (non-hydrogen) atoms. The molecule has 6 nitrogen and oxygen atoms in total. The molecule has 76 valence electrons. The van der Waals surface area contributed by atoms with E-state index in [-0.39, 0.29) is 12.4 Å². The molecule has 0 aromatic rings. The van der Waals surface area contributed by atoms with E-state index in [0.717, 1.165) is 0 Å². The third kappa shape index (κ3) is 22.6. The molecule has 0 aromatic carbocycles. The van der Waals surface area contributed by atoms with Crippen LogP contribution in [0.3, 0.4) is 0 Å². The molecule has 0 saturated heterocycles. The summed E-state index contributed by atoms with van der Waals surface area (Å²) in [6, 6.07) is 0. The molecule has 0 aromatic heterocycles. The second kappa shape index (κ2) is 7.47. The Morgan fingerprint density at radius 3 is 1.67 bits per heavy atom. The van der Waals surface area contributed by atoms with E-state index in [0.29, 0.717) is 0 Å². The third-order valence-electron chi connectivity index (χ3n) is 0.599. The Kier molecular flexibility index (Phi) is 8.93. The van der Waals surface area contributed by atoms with Crippen molar-refractivity contribution in [2.75, 3.05) is 12.4 Å². The Balaban J connectivity index is 0. The maximum Gasteiger partial charge on any atom is 0.264 e. The molecule has 0 radical (unpaired) electrons. The maximum absolute atomic E-state index is 9.56. The van der Waals surface area contributed by atoms with E-state index >= 15 is 0 Å². The number of rotatable bonds is 3. The van der Waals surface area contributed by atoms with Crippen LogP contribution in [-0.2, 0) is 25.3 Å². The highest BCUT2D eigenvalue weighted by Gasteiger charge is 1.93. The lowest BCUT2D eigenvalue weighted by molar-refractivity contribution is 0.354. The van der Waals surface area contributed by atoms with Gasteiger partial charge in [0.15, 0.2) is 0 Å². The number of hydrogen-bond acceptors (Lipinski definition) is 5. The van der Waals surface area contributed by atoms with Crippen molar-refractivity contribution in [3.8, 4) is 0 Å². The molecule has 0 bridgehead atoms. The summed E-state index contributed by atoms with van der Waals surface area (Å²) in [4.78, 5) is 0. The van der Waals surface area contributed by atoms with Crippen LogP contribution in [-0.4, -0.2) is 33.7 Å². The minimum absolute atomic E-state index is 0.201. The lowest BCUT2D eigenvalue weighted by atomic mass is 10.9. The van der Waals surface area contributed by atoms with Gasteiger partial charge < -0.3 is 0 Å². The van der Waals surface area contributed by atoms with Crippen LogP contribution in [0, 0.1) is 0 Å². The predicted molar refractivity (Wildman–Crippen MR) is 44.0 cm³/mol. The Hall–Kier alpha value is -0.180. The standard InChI is InChI=1S/2C2H6O3S/c1-2-6(3,4)5;1-2-5-6(3)4/h2H2,1H3,(H,3,4,5);6H,2H2,1H3. The van der Waals surface area contributed by atoms with E-state index in [9.17, 15) is 16.8 Å². The van der Waals surface area contributed by atoms with Crippen molar-refractivity contribution in [1.29, 1.82) is 0 Å². The van der Waals surface area contributed by atoms with Gasteiger partial charge in [0.05, 0.1) is 12.4 Å². The summed E-state index contributed by atoms with van der Waals surface area (Å²) >= 11 is 0. The van der Waals surface area contributed by atoms with E-state index in [2.05, 4.69) is 4.18 Å². The molecule has 0 aliphatic rings. The highest BCUT2D eigenvalue weighted by Crippen LogP contribution is 1.74. The van der Waals surface area contributed by atoms with Crippen molar-refractivity contribution < 1.29 is 25.6 Å². The molecule has 8 heteroatoms. The average Bonchev–Trinajstić information content (AvgIpc) is 1.87. The van der Waals surface area contributed by atoms with Gasteiger partial charge in [0.1, 0.15) is 0 Å². The number of hydrogen-bond donors (Lipinski definition) is 2. The molecule has 0 atom stereocenters. The second-order valence-corrected chi connectivity index (χ2v) is 3.96. The monoisotopic (exact) mass is 220 g/mol. The second-order valence-electron chi connectivity index (χ2n) is 1.51. The van der Waals surface area contributed by atoms with Gasteiger partial charge in [-0.3, -0.25) is 8.74 Å². The predicted octanol–water partition coefficient (Wildman–Crippen LogP) is -0.557. The summed E-state index contributed by atoms with van der Waals surface area (Å²) in [5.74, 6) is -0.201. The van der Waals surface area contributed by atoms with Crippen LogP contribution < -0.4 is 0 Å². The zero-order valence-electron chi connectivity index (χ0n) is 6.76. The summed E-state index contributed by atoms with van der Waals surface area (Å²) in [6.45, 7) is 3.22. The Labute approximate surface area is 73.4 Å². The normalized spacial score (nSPS) is 10.7. The Bertz CT molecular complexity index is 243. The third-order valence-corrected chi connectivity index (χ3v) is 1.80. The van der Waals surface area contributed by atoms with Gasteiger partial charge in [-0.25, -0.2) is 8.42 Å². The van der Waals surface area contributed by atoms with Gasteiger partial charge in [-0.15, -0.1) is 0 Å². The van der Waals surface area contributed by atoms with Gasteiger partial charge in [-0.2, -0.15) is 8.42 Å². The molecule has 0 unspecified atom stereocenters. The minimum atomic E-state index is -3.66. The molecule has 0 saturated carbocycles. The Morgan fingerprint density at radius 2 is 1.67 bits per heavy atom. The van der Waals surface area contributed by atoms with Crippen LogP contribution in [0.25, 0.3) is 0 Å². The van der Waals surface area contributed by atoms with Crippen molar-refractivity contribution in [1.82, 2.24) is 0 Å². The molecule has 0 aliphatic carbocycles. The van der Waals surface area contributed by atoms with Gasteiger partial charge in [0.25, 0.3) is 21.1 Å². The minimum Gasteiger partial charge on any atom is -0.286 e. The van der Waals surface area contributed by atoms with E-state index in [1.54, 1.807) is 6.92 Å². The maximum atomic E-state index is 9.56. The van der Waals surface area contributed by atoms with Crippen molar-refractivity contribution in [3.63, 3.8) is 0 Å². The van der Waals surface area contributed by atoms with Crippen LogP contribution in [0.15, 0.2) is 0 Å². The summed E-state index contributed by atoms with van der Waals surface area (Å²) < 4.78 is 49.7. The lowest BCUT2D eigenvalue weighted by Gasteiger charge is -1.79. The van der Waals surface area contributed by atoms with Crippen LogP contribution in [0.4, 0.5) is 0 Å². The molecule has 0 heterocycles. The van der Waals surface area contributed by atoms with Crippen molar-refractivity contribution >= 4 is 21.1 Å². The molecule has 0 aliphatic heterocycles. The SMILES string of the molecule is CCO[SH](=O)=O.CCS(=O)(=O)O. The van der Waals surface area contributed by atoms with Gasteiger partial charge in [0, 0.05) is 0 Å². The summed E-state index contributed by atoms with van der Waals surface area (Å²) in [6.07, 6.45) is 0. The fraction of sp³-hybridized carbons (Fsp3) is 1.00. The first-order valence-corrected chi connectivity index (χ1v) is 5.76. The molecular weight excluding hydrogens is 208 g/mol. The topological polar surface area (TPSA) is 97.7 Å². The average molecular weight is 220 g/mol. The zero-order valence-corrected chi connectivity index (χ0v) is 8.47. The molecule has 1 N–H and O–H groups in total. The van der Waals surface area contributed by atoms with Crippen LogP contribution >= 0.6 is 0 Å². The first-order chi connectivity index (χ1) is 5.33. The van der Waals surface area contributed by atoms with Crippen molar-refractivity contribution in [2.24, 2.45) is 0 Å². The van der Waals surface area contributed by atoms with E-state index in [4.69, 9.17) is 4.55 Å². The fourth-order valence-electron chi connectivity index (χ4n) is 0.105. The number of thiol groups is 1. The van der Waals surface area contributed by atoms with Crippen molar-refractivity contribution in [2.45, 2.75) is 13.8 Å². The molecule has 0 fully saturated rings. The zero-order chi connectivity index (χ0) is 10.2. The van der Waals surface area contributed by atoms with Gasteiger partial charge in [-0.1, -0.05) is 0 Å². The van der Waals surface area contributed by atoms with Crippen molar-refractivity contribution in [3.05, 3.63) is 0 Å². The van der Waals surface area contributed by atoms with Crippen LogP contribution in [0.1, 0.15) is 13.8 Å². The molecule has 0 rings (SSSR count). The largest absolute Gasteiger partial charge is 0.286 e. The molecule has 0 spiro atoms. The first kappa shape index (κ1) is 14.3. The van der Waals surface area contributed by atoms with Crippen LogP contribution in [0.5, 0.6) is 0 Å². The highest BCUT2D eigenvalue weighted by molar-refractivity contribution is 7.85. The Morgan fingerprint density at radius 1 is 1.33 bits per heavy atom. The van der Waals surface area contributed by atoms with Crippen LogP contribution in [0.2, 0.25) is 0 Å². The quantitative estimate of drug-likeness (QED) is 0.489. The smallest absolute Gasteiger partial charge is 0.264 e. The molecule has 0 amide bonds. The van der Waals surface area contributed by atoms with Gasteiger partial charge in [-0.05, 0) is 13.8 Å². The van der Waals surface area contributed by atoms with E-state index in [1.165, 1.54) is 6.92 Å². The fourth-order valence-corrected chi connectivity index (χ4v) is 0.316. The van der Waals surface area contributed by atoms with E-state index in [1.807, 2.05) is 0 Å².